The van der Waals surface area contributed by atoms with Crippen LogP contribution in [0.2, 0.25) is 0 Å². The van der Waals surface area contributed by atoms with Crippen LogP contribution in [-0.4, -0.2) is 63.1 Å². The molecule has 1 saturated heterocycles. The van der Waals surface area contributed by atoms with Crippen LogP contribution in [0.1, 0.15) is 41.7 Å². The highest BCUT2D eigenvalue weighted by atomic mass is 16.5. The van der Waals surface area contributed by atoms with Gasteiger partial charge < -0.3 is 14.5 Å². The quantitative estimate of drug-likeness (QED) is 0.805. The summed E-state index contributed by atoms with van der Waals surface area (Å²) < 4.78 is 7.57. The van der Waals surface area contributed by atoms with Crippen LogP contribution in [0.15, 0.2) is 18.3 Å². The minimum atomic E-state index is -0.0741. The lowest BCUT2D eigenvalue weighted by molar-refractivity contribution is -0.00714. The van der Waals surface area contributed by atoms with Gasteiger partial charge in [-0.1, -0.05) is 0 Å². The molecule has 8 heteroatoms. The Morgan fingerprint density at radius 3 is 2.69 bits per heavy atom. The third-order valence-electron chi connectivity index (χ3n) is 5.14. The average molecular weight is 356 g/mol. The van der Waals surface area contributed by atoms with Crippen molar-refractivity contribution in [1.29, 1.82) is 0 Å². The number of aromatic nitrogens is 4. The molecule has 138 valence electrons. The van der Waals surface area contributed by atoms with Gasteiger partial charge in [0.15, 0.2) is 5.82 Å². The van der Waals surface area contributed by atoms with Gasteiger partial charge >= 0.3 is 0 Å². The molecular formula is C18H24N6O2. The Morgan fingerprint density at radius 1 is 1.23 bits per heavy atom. The fourth-order valence-corrected chi connectivity index (χ4v) is 3.88. The topological polar surface area (TPSA) is 76.4 Å². The number of carbonyl (C=O) groups is 1. The summed E-state index contributed by atoms with van der Waals surface area (Å²) in [7, 11) is 1.85. The van der Waals surface area contributed by atoms with E-state index in [1.54, 1.807) is 10.9 Å². The van der Waals surface area contributed by atoms with Gasteiger partial charge in [0.25, 0.3) is 5.91 Å². The van der Waals surface area contributed by atoms with E-state index in [0.29, 0.717) is 18.8 Å². The predicted molar refractivity (Wildman–Crippen MR) is 96.0 cm³/mol. The Kier molecular flexibility index (Phi) is 4.36. The van der Waals surface area contributed by atoms with E-state index >= 15 is 0 Å². The summed E-state index contributed by atoms with van der Waals surface area (Å²) in [6, 6.07) is 3.83. The fourth-order valence-electron chi connectivity index (χ4n) is 3.88. The lowest BCUT2D eigenvalue weighted by Gasteiger charge is -2.35. The monoisotopic (exact) mass is 356 g/mol. The van der Waals surface area contributed by atoms with E-state index in [0.717, 1.165) is 36.6 Å². The molecule has 0 radical (unpaired) electrons. The van der Waals surface area contributed by atoms with Crippen molar-refractivity contribution >= 4 is 11.7 Å². The number of anilines is 1. The first kappa shape index (κ1) is 17.0. The van der Waals surface area contributed by atoms with E-state index in [1.807, 2.05) is 37.9 Å². The number of hydrogen-bond acceptors (Lipinski definition) is 6. The maximum absolute atomic E-state index is 13.2. The smallest absolute Gasteiger partial charge is 0.272 e. The molecule has 2 aliphatic heterocycles. The van der Waals surface area contributed by atoms with Crippen LogP contribution in [0.25, 0.3) is 0 Å². The molecule has 4 heterocycles. The lowest BCUT2D eigenvalue weighted by Crippen LogP contribution is -2.49. The first-order valence-corrected chi connectivity index (χ1v) is 9.07. The number of nitrogens with zero attached hydrogens (tertiary/aromatic N) is 6. The van der Waals surface area contributed by atoms with Gasteiger partial charge in [-0.05, 0) is 26.0 Å². The van der Waals surface area contributed by atoms with Crippen molar-refractivity contribution in [1.82, 2.24) is 24.9 Å². The molecule has 26 heavy (non-hydrogen) atoms. The first-order chi connectivity index (χ1) is 12.5. The molecule has 4 rings (SSSR count). The SMILES string of the molecule is C[C@@H]1Cc2c(nn(C)c2C(=O)N2CCN(c3cccnn3)CC2)[C@H](C)O1. The van der Waals surface area contributed by atoms with Crippen molar-refractivity contribution in [2.24, 2.45) is 7.05 Å². The Morgan fingerprint density at radius 2 is 2.00 bits per heavy atom. The van der Waals surface area contributed by atoms with Crippen molar-refractivity contribution in [2.75, 3.05) is 31.1 Å². The number of fused-ring (bicyclic) bond motifs is 1. The molecule has 2 aromatic heterocycles. The lowest BCUT2D eigenvalue weighted by atomic mass is 9.99. The molecule has 0 spiro atoms. The van der Waals surface area contributed by atoms with Gasteiger partial charge in [0.2, 0.25) is 0 Å². The molecule has 0 saturated carbocycles. The van der Waals surface area contributed by atoms with E-state index in [-0.39, 0.29) is 18.1 Å². The van der Waals surface area contributed by atoms with Crippen LogP contribution >= 0.6 is 0 Å². The highest BCUT2D eigenvalue weighted by Crippen LogP contribution is 2.31. The van der Waals surface area contributed by atoms with Crippen LogP contribution in [-0.2, 0) is 18.2 Å². The summed E-state index contributed by atoms with van der Waals surface area (Å²) in [5.41, 5.74) is 2.64. The molecule has 0 N–H and O–H groups in total. The van der Waals surface area contributed by atoms with Crippen molar-refractivity contribution in [3.05, 3.63) is 35.3 Å². The number of ether oxygens (including phenoxy) is 1. The van der Waals surface area contributed by atoms with E-state index in [9.17, 15) is 4.79 Å². The second-order valence-electron chi connectivity index (χ2n) is 6.99. The largest absolute Gasteiger partial charge is 0.369 e. The maximum Gasteiger partial charge on any atom is 0.272 e. The van der Waals surface area contributed by atoms with Gasteiger partial charge in [-0.2, -0.15) is 10.2 Å². The Bertz CT molecular complexity index is 798. The fraction of sp³-hybridized carbons (Fsp3) is 0.556. The highest BCUT2D eigenvalue weighted by Gasteiger charge is 2.33. The summed E-state index contributed by atoms with van der Waals surface area (Å²) in [6.07, 6.45) is 2.42. The van der Waals surface area contributed by atoms with Crippen LogP contribution in [0.4, 0.5) is 5.82 Å². The summed E-state index contributed by atoms with van der Waals surface area (Å²) in [5.74, 6) is 0.915. The summed E-state index contributed by atoms with van der Waals surface area (Å²) in [4.78, 5) is 17.3. The van der Waals surface area contributed by atoms with Crippen LogP contribution < -0.4 is 4.90 Å². The van der Waals surface area contributed by atoms with Gasteiger partial charge in [-0.15, -0.1) is 5.10 Å². The van der Waals surface area contributed by atoms with Gasteiger partial charge in [-0.25, -0.2) is 0 Å². The van der Waals surface area contributed by atoms with Gasteiger partial charge in [0.1, 0.15) is 5.69 Å². The number of amides is 1. The van der Waals surface area contributed by atoms with E-state index in [1.165, 1.54) is 0 Å². The Labute approximate surface area is 152 Å². The summed E-state index contributed by atoms with van der Waals surface area (Å²) in [6.45, 7) is 6.87. The standard InChI is InChI=1S/C18H24N6O2/c1-12-11-14-16(13(2)26-12)21-22(3)17(14)18(25)24-9-7-23(8-10-24)15-5-4-6-19-20-15/h4-6,12-13H,7-11H2,1-3H3/t12-,13+/m1/s1. The van der Waals surface area contributed by atoms with E-state index in [4.69, 9.17) is 4.74 Å². The number of aryl methyl sites for hydroxylation is 1. The van der Waals surface area contributed by atoms with Gasteiger partial charge in [0, 0.05) is 51.4 Å². The van der Waals surface area contributed by atoms with Crippen LogP contribution in [0, 0.1) is 0 Å². The summed E-state index contributed by atoms with van der Waals surface area (Å²) in [5, 5.41) is 12.6. The number of rotatable bonds is 2. The highest BCUT2D eigenvalue weighted by molar-refractivity contribution is 5.94. The minimum absolute atomic E-state index is 0.0568. The molecule has 2 aromatic rings. The number of hydrogen-bond donors (Lipinski definition) is 0. The van der Waals surface area contributed by atoms with Crippen LogP contribution in [0.3, 0.4) is 0 Å². The maximum atomic E-state index is 13.2. The molecule has 2 atom stereocenters. The molecule has 0 bridgehead atoms. The molecule has 0 aromatic carbocycles. The molecule has 0 aliphatic carbocycles. The third-order valence-corrected chi connectivity index (χ3v) is 5.14. The van der Waals surface area contributed by atoms with Crippen molar-refractivity contribution in [3.8, 4) is 0 Å². The molecule has 8 nitrogen and oxygen atoms in total. The van der Waals surface area contributed by atoms with Gasteiger partial charge in [0.05, 0.1) is 17.9 Å². The Balaban J connectivity index is 1.51. The van der Waals surface area contributed by atoms with Crippen LogP contribution in [0.5, 0.6) is 0 Å². The third kappa shape index (κ3) is 2.94. The second kappa shape index (κ2) is 6.68. The zero-order valence-electron chi connectivity index (χ0n) is 15.4. The normalized spacial score (nSPS) is 23.0. The van der Waals surface area contributed by atoms with E-state index in [2.05, 4.69) is 20.2 Å². The molecule has 1 amide bonds. The minimum Gasteiger partial charge on any atom is -0.369 e. The zero-order valence-corrected chi connectivity index (χ0v) is 15.4. The van der Waals surface area contributed by atoms with Crippen molar-refractivity contribution in [2.45, 2.75) is 32.5 Å². The molecule has 2 aliphatic rings. The zero-order chi connectivity index (χ0) is 18.3. The first-order valence-electron chi connectivity index (χ1n) is 9.07. The van der Waals surface area contributed by atoms with Gasteiger partial charge in [-0.3, -0.25) is 9.48 Å². The number of piperazine rings is 1. The summed E-state index contributed by atoms with van der Waals surface area (Å²) >= 11 is 0. The molecule has 0 unspecified atom stereocenters. The predicted octanol–water partition coefficient (Wildman–Crippen LogP) is 1.19. The van der Waals surface area contributed by atoms with Crippen molar-refractivity contribution in [3.63, 3.8) is 0 Å². The second-order valence-corrected chi connectivity index (χ2v) is 6.99. The van der Waals surface area contributed by atoms with Crippen molar-refractivity contribution < 1.29 is 9.53 Å². The average Bonchev–Trinajstić information content (AvgIpc) is 2.98. The number of carbonyl (C=O) groups excluding carboxylic acids is 1. The van der Waals surface area contributed by atoms with E-state index < -0.39 is 0 Å². The Hall–Kier alpha value is -2.48. The molecular weight excluding hydrogens is 332 g/mol. The molecule has 1 fully saturated rings.